The minimum absolute atomic E-state index is 0.149. The van der Waals surface area contributed by atoms with E-state index in [-0.39, 0.29) is 11.1 Å². The van der Waals surface area contributed by atoms with E-state index in [9.17, 15) is 21.9 Å². The fourth-order valence-corrected chi connectivity index (χ4v) is 2.67. The molecule has 1 unspecified atom stereocenters. The smallest absolute Gasteiger partial charge is 0.272 e. The Hall–Kier alpha value is -0.920. The summed E-state index contributed by atoms with van der Waals surface area (Å²) in [4.78, 5) is 0. The summed E-state index contributed by atoms with van der Waals surface area (Å²) in [7, 11) is 0. The molecule has 1 aliphatic carbocycles. The fourth-order valence-electron chi connectivity index (χ4n) is 2.19. The highest BCUT2D eigenvalue weighted by Gasteiger charge is 2.48. The molecule has 1 aromatic carbocycles. The van der Waals surface area contributed by atoms with Crippen molar-refractivity contribution in [3.63, 3.8) is 0 Å². The van der Waals surface area contributed by atoms with Gasteiger partial charge in [-0.3, -0.25) is 4.21 Å². The van der Waals surface area contributed by atoms with Crippen LogP contribution in [-0.4, -0.2) is 14.7 Å². The number of benzene rings is 1. The van der Waals surface area contributed by atoms with Crippen LogP contribution in [0.4, 0.5) is 13.2 Å². The highest BCUT2D eigenvalue weighted by molar-refractivity contribution is 7.77. The summed E-state index contributed by atoms with van der Waals surface area (Å²) in [5.41, 5.74) is 0.635. The lowest BCUT2D eigenvalue weighted by molar-refractivity contribution is -0.0190. The van der Waals surface area contributed by atoms with E-state index in [4.69, 9.17) is 0 Å². The Morgan fingerprint density at radius 2 is 2.18 bits per heavy atom. The van der Waals surface area contributed by atoms with E-state index in [0.717, 1.165) is 12.1 Å². The molecule has 1 aromatic rings. The molecular weight excluding hydrogens is 255 g/mol. The van der Waals surface area contributed by atoms with E-state index in [1.165, 1.54) is 6.92 Å². The molecule has 0 bridgehead atoms. The average molecular weight is 264 g/mol. The van der Waals surface area contributed by atoms with Crippen LogP contribution < -0.4 is 4.72 Å². The van der Waals surface area contributed by atoms with Crippen molar-refractivity contribution < 1.29 is 21.9 Å². The number of aryl methyl sites for hydroxylation is 1. The standard InChI is InChI=1S/C10H10F3NO2S/c1-5-2-7(11)3-6-4-10(12,13)9(8(5)6)14-17(15)16/h2-3,9,14H,4H2,1H3,(H,15,16)/p-1/t9-/m0/s1. The molecule has 0 fully saturated rings. The molecule has 17 heavy (non-hydrogen) atoms. The van der Waals surface area contributed by atoms with Crippen LogP contribution in [0.3, 0.4) is 0 Å². The Morgan fingerprint density at radius 1 is 1.53 bits per heavy atom. The molecule has 2 rings (SSSR count). The third-order valence-corrected chi connectivity index (χ3v) is 3.22. The quantitative estimate of drug-likeness (QED) is 0.827. The van der Waals surface area contributed by atoms with Gasteiger partial charge in [0, 0.05) is 17.7 Å². The number of fused-ring (bicyclic) bond motifs is 1. The third-order valence-electron chi connectivity index (χ3n) is 2.79. The second kappa shape index (κ2) is 4.08. The van der Waals surface area contributed by atoms with Gasteiger partial charge in [-0.1, -0.05) is 0 Å². The first-order valence-electron chi connectivity index (χ1n) is 4.83. The number of rotatable bonds is 2. The van der Waals surface area contributed by atoms with Crippen LogP contribution in [0.15, 0.2) is 12.1 Å². The molecule has 7 heteroatoms. The van der Waals surface area contributed by atoms with Crippen molar-refractivity contribution in [2.75, 3.05) is 0 Å². The largest absolute Gasteiger partial charge is 0.760 e. The number of nitrogens with one attached hydrogen (secondary N) is 1. The molecule has 0 heterocycles. The van der Waals surface area contributed by atoms with Crippen LogP contribution in [0.2, 0.25) is 0 Å². The Bertz CT molecular complexity index is 493. The van der Waals surface area contributed by atoms with Gasteiger partial charge in [-0.25, -0.2) is 17.9 Å². The summed E-state index contributed by atoms with van der Waals surface area (Å²) in [6.07, 6.45) is -0.657. The van der Waals surface area contributed by atoms with Crippen molar-refractivity contribution in [3.8, 4) is 0 Å². The van der Waals surface area contributed by atoms with E-state index in [0.29, 0.717) is 5.56 Å². The summed E-state index contributed by atoms with van der Waals surface area (Å²) >= 11 is -2.80. The first-order valence-corrected chi connectivity index (χ1v) is 5.91. The molecule has 0 aromatic heterocycles. The first kappa shape index (κ1) is 12.5. The molecule has 0 radical (unpaired) electrons. The van der Waals surface area contributed by atoms with Crippen LogP contribution >= 0.6 is 0 Å². The number of hydrogen-bond donors (Lipinski definition) is 1. The number of halogens is 3. The zero-order valence-electron chi connectivity index (χ0n) is 8.80. The first-order chi connectivity index (χ1) is 7.81. The van der Waals surface area contributed by atoms with Crippen molar-refractivity contribution in [2.24, 2.45) is 0 Å². The Kier molecular flexibility index (Phi) is 3.01. The molecule has 2 atom stereocenters. The Labute approximate surface area is 98.4 Å². The number of alkyl halides is 2. The minimum Gasteiger partial charge on any atom is -0.760 e. The second-order valence-corrected chi connectivity index (χ2v) is 4.72. The molecule has 1 aliphatic rings. The summed E-state index contributed by atoms with van der Waals surface area (Å²) in [6, 6.07) is 0.519. The average Bonchev–Trinajstić information content (AvgIpc) is 2.36. The molecule has 1 N–H and O–H groups in total. The van der Waals surface area contributed by atoms with Crippen LogP contribution in [0.25, 0.3) is 0 Å². The van der Waals surface area contributed by atoms with Crippen LogP contribution in [0, 0.1) is 12.7 Å². The Balaban J connectivity index is 2.51. The molecule has 0 amide bonds. The van der Waals surface area contributed by atoms with Gasteiger partial charge in [0.25, 0.3) is 5.92 Å². The monoisotopic (exact) mass is 264 g/mol. The lowest BCUT2D eigenvalue weighted by atomic mass is 10.0. The van der Waals surface area contributed by atoms with Crippen molar-refractivity contribution in [2.45, 2.75) is 25.3 Å². The van der Waals surface area contributed by atoms with Gasteiger partial charge in [0.15, 0.2) is 0 Å². The predicted molar refractivity (Wildman–Crippen MR) is 54.6 cm³/mol. The molecule has 0 spiro atoms. The van der Waals surface area contributed by atoms with Gasteiger partial charge in [0.1, 0.15) is 11.9 Å². The van der Waals surface area contributed by atoms with Gasteiger partial charge >= 0.3 is 0 Å². The molecule has 0 aliphatic heterocycles. The van der Waals surface area contributed by atoms with Crippen LogP contribution in [-0.2, 0) is 17.7 Å². The number of hydrogen-bond acceptors (Lipinski definition) is 2. The fraction of sp³-hybridized carbons (Fsp3) is 0.400. The van der Waals surface area contributed by atoms with Crippen molar-refractivity contribution in [1.29, 1.82) is 0 Å². The minimum atomic E-state index is -3.24. The van der Waals surface area contributed by atoms with E-state index in [1.807, 2.05) is 0 Å². The molecule has 0 saturated carbocycles. The van der Waals surface area contributed by atoms with Gasteiger partial charge in [-0.05, 0) is 35.7 Å². The normalized spacial score (nSPS) is 23.5. The summed E-state index contributed by atoms with van der Waals surface area (Å²) in [5, 5.41) is 0. The lowest BCUT2D eigenvalue weighted by Crippen LogP contribution is -2.35. The maximum atomic E-state index is 13.6. The van der Waals surface area contributed by atoms with Crippen molar-refractivity contribution >= 4 is 11.3 Å². The summed E-state index contributed by atoms with van der Waals surface area (Å²) in [6.45, 7) is 1.48. The summed E-state index contributed by atoms with van der Waals surface area (Å²) in [5.74, 6) is -3.83. The van der Waals surface area contributed by atoms with Gasteiger partial charge in [-0.15, -0.1) is 0 Å². The van der Waals surface area contributed by atoms with Crippen molar-refractivity contribution in [3.05, 3.63) is 34.6 Å². The van der Waals surface area contributed by atoms with E-state index in [1.54, 1.807) is 4.72 Å². The second-order valence-electron chi connectivity index (χ2n) is 4.02. The maximum Gasteiger partial charge on any atom is 0.272 e. The van der Waals surface area contributed by atoms with Gasteiger partial charge < -0.3 is 4.55 Å². The highest BCUT2D eigenvalue weighted by Crippen LogP contribution is 2.44. The zero-order valence-corrected chi connectivity index (χ0v) is 9.61. The van der Waals surface area contributed by atoms with Gasteiger partial charge in [0.2, 0.25) is 0 Å². The zero-order chi connectivity index (χ0) is 12.8. The van der Waals surface area contributed by atoms with E-state index >= 15 is 0 Å². The maximum absolute atomic E-state index is 13.6. The highest BCUT2D eigenvalue weighted by atomic mass is 32.2. The van der Waals surface area contributed by atoms with E-state index in [2.05, 4.69) is 0 Å². The van der Waals surface area contributed by atoms with Crippen LogP contribution in [0.1, 0.15) is 22.7 Å². The molecule has 3 nitrogen and oxygen atoms in total. The third kappa shape index (κ3) is 2.22. The topological polar surface area (TPSA) is 52.2 Å². The van der Waals surface area contributed by atoms with E-state index < -0.39 is 35.5 Å². The van der Waals surface area contributed by atoms with Gasteiger partial charge in [0.05, 0.1) is 0 Å². The van der Waals surface area contributed by atoms with Gasteiger partial charge in [-0.2, -0.15) is 0 Å². The predicted octanol–water partition coefficient (Wildman–Crippen LogP) is 1.75. The molecular formula is C10H9F3NO2S-. The SMILES string of the molecule is Cc1cc(F)cc2c1[C@H](NS(=O)[O-])C(F)(F)C2. The lowest BCUT2D eigenvalue weighted by Gasteiger charge is -2.23. The molecule has 0 saturated heterocycles. The van der Waals surface area contributed by atoms with Crippen LogP contribution in [0.5, 0.6) is 0 Å². The Morgan fingerprint density at radius 3 is 2.76 bits per heavy atom. The van der Waals surface area contributed by atoms with Crippen molar-refractivity contribution in [1.82, 2.24) is 4.72 Å². The summed E-state index contributed by atoms with van der Waals surface area (Å²) < 4.78 is 63.1. The molecule has 94 valence electrons.